The molecule has 2 atom stereocenters. The van der Waals surface area contributed by atoms with E-state index in [1.54, 1.807) is 19.1 Å². The number of benzene rings is 2. The smallest absolute Gasteiger partial charge is 0.269 e. The van der Waals surface area contributed by atoms with Crippen molar-refractivity contribution in [1.82, 2.24) is 5.32 Å². The van der Waals surface area contributed by atoms with E-state index in [0.717, 1.165) is 5.56 Å². The Kier molecular flexibility index (Phi) is 6.26. The SMILES string of the molecule is CC(O)CC(CNCc1cccc([N+](=O)[O-])c1)c1ccccc1. The first kappa shape index (κ1) is 17.1. The lowest BCUT2D eigenvalue weighted by Gasteiger charge is -2.19. The highest BCUT2D eigenvalue weighted by molar-refractivity contribution is 5.34. The summed E-state index contributed by atoms with van der Waals surface area (Å²) in [4.78, 5) is 10.4. The number of nitro groups is 1. The molecule has 2 rings (SSSR count). The van der Waals surface area contributed by atoms with E-state index in [1.165, 1.54) is 11.6 Å². The molecule has 2 N–H and O–H groups in total. The lowest BCUT2D eigenvalue weighted by Crippen LogP contribution is -2.23. The molecule has 122 valence electrons. The first-order valence-electron chi connectivity index (χ1n) is 7.73. The lowest BCUT2D eigenvalue weighted by molar-refractivity contribution is -0.384. The summed E-state index contributed by atoms with van der Waals surface area (Å²) in [5, 5.41) is 23.8. The quantitative estimate of drug-likeness (QED) is 0.579. The minimum Gasteiger partial charge on any atom is -0.393 e. The number of nitrogens with zero attached hydrogens (tertiary/aromatic N) is 1. The van der Waals surface area contributed by atoms with Crippen molar-refractivity contribution in [3.63, 3.8) is 0 Å². The van der Waals surface area contributed by atoms with Crippen molar-refractivity contribution >= 4 is 5.69 Å². The number of aliphatic hydroxyl groups excluding tert-OH is 1. The van der Waals surface area contributed by atoms with Gasteiger partial charge in [-0.2, -0.15) is 0 Å². The fraction of sp³-hybridized carbons (Fsp3) is 0.333. The summed E-state index contributed by atoms with van der Waals surface area (Å²) in [6.07, 6.45) is 0.297. The fourth-order valence-corrected chi connectivity index (χ4v) is 2.64. The van der Waals surface area contributed by atoms with Crippen LogP contribution in [0, 0.1) is 10.1 Å². The van der Waals surface area contributed by atoms with Gasteiger partial charge in [0.25, 0.3) is 5.69 Å². The number of nitrogens with one attached hydrogen (secondary N) is 1. The Balaban J connectivity index is 1.96. The second kappa shape index (κ2) is 8.41. The number of hydrogen-bond acceptors (Lipinski definition) is 4. The van der Waals surface area contributed by atoms with Gasteiger partial charge in [0.15, 0.2) is 0 Å². The monoisotopic (exact) mass is 314 g/mol. The van der Waals surface area contributed by atoms with Crippen LogP contribution in [0.4, 0.5) is 5.69 Å². The second-order valence-electron chi connectivity index (χ2n) is 5.75. The maximum absolute atomic E-state index is 10.8. The van der Waals surface area contributed by atoms with E-state index < -0.39 is 0 Å². The number of hydrogen-bond donors (Lipinski definition) is 2. The summed E-state index contributed by atoms with van der Waals surface area (Å²) < 4.78 is 0. The average Bonchev–Trinajstić information content (AvgIpc) is 2.54. The van der Waals surface area contributed by atoms with Crippen LogP contribution in [0.3, 0.4) is 0 Å². The van der Waals surface area contributed by atoms with Gasteiger partial charge < -0.3 is 10.4 Å². The molecule has 0 saturated carbocycles. The molecule has 0 aliphatic carbocycles. The van der Waals surface area contributed by atoms with E-state index in [4.69, 9.17) is 0 Å². The van der Waals surface area contributed by atoms with Crippen molar-refractivity contribution in [1.29, 1.82) is 0 Å². The van der Waals surface area contributed by atoms with Gasteiger partial charge in [-0.1, -0.05) is 42.5 Å². The zero-order valence-corrected chi connectivity index (χ0v) is 13.2. The van der Waals surface area contributed by atoms with Crippen molar-refractivity contribution in [3.8, 4) is 0 Å². The lowest BCUT2D eigenvalue weighted by atomic mass is 9.93. The molecule has 0 saturated heterocycles. The second-order valence-corrected chi connectivity index (χ2v) is 5.75. The fourth-order valence-electron chi connectivity index (χ4n) is 2.64. The van der Waals surface area contributed by atoms with E-state index in [-0.39, 0.29) is 22.6 Å². The van der Waals surface area contributed by atoms with Gasteiger partial charge in [-0.3, -0.25) is 10.1 Å². The summed E-state index contributed by atoms with van der Waals surface area (Å²) in [6.45, 7) is 3.05. The van der Waals surface area contributed by atoms with Gasteiger partial charge in [0, 0.05) is 25.2 Å². The van der Waals surface area contributed by atoms with Crippen molar-refractivity contribution in [2.45, 2.75) is 31.9 Å². The third kappa shape index (κ3) is 5.47. The maximum atomic E-state index is 10.8. The molecular formula is C18H22N2O3. The molecule has 5 heteroatoms. The molecule has 0 aliphatic heterocycles. The van der Waals surface area contributed by atoms with Crippen LogP contribution in [-0.4, -0.2) is 22.7 Å². The highest BCUT2D eigenvalue weighted by Crippen LogP contribution is 2.21. The van der Waals surface area contributed by atoms with Crippen molar-refractivity contribution in [2.75, 3.05) is 6.54 Å². The molecule has 0 fully saturated rings. The van der Waals surface area contributed by atoms with Gasteiger partial charge in [0.1, 0.15) is 0 Å². The predicted molar refractivity (Wildman–Crippen MR) is 90.3 cm³/mol. The minimum atomic E-state index is -0.385. The Morgan fingerprint density at radius 2 is 1.91 bits per heavy atom. The highest BCUT2D eigenvalue weighted by Gasteiger charge is 2.14. The number of nitro benzene ring substituents is 1. The Morgan fingerprint density at radius 1 is 1.17 bits per heavy atom. The Labute approximate surface area is 136 Å². The van der Waals surface area contributed by atoms with Crippen LogP contribution in [0.15, 0.2) is 54.6 Å². The van der Waals surface area contributed by atoms with Gasteiger partial charge >= 0.3 is 0 Å². The van der Waals surface area contributed by atoms with Gasteiger partial charge in [-0.05, 0) is 30.4 Å². The Bertz CT molecular complexity index is 629. The molecule has 23 heavy (non-hydrogen) atoms. The van der Waals surface area contributed by atoms with Gasteiger partial charge in [-0.15, -0.1) is 0 Å². The van der Waals surface area contributed by atoms with E-state index in [1.807, 2.05) is 24.3 Å². The van der Waals surface area contributed by atoms with Gasteiger partial charge in [-0.25, -0.2) is 0 Å². The number of non-ortho nitro benzene ring substituents is 1. The Hall–Kier alpha value is -2.24. The van der Waals surface area contributed by atoms with Crippen LogP contribution < -0.4 is 5.32 Å². The summed E-state index contributed by atoms with van der Waals surface area (Å²) in [7, 11) is 0. The van der Waals surface area contributed by atoms with Crippen LogP contribution >= 0.6 is 0 Å². The third-order valence-electron chi connectivity index (χ3n) is 3.74. The van der Waals surface area contributed by atoms with Gasteiger partial charge in [0.2, 0.25) is 0 Å². The summed E-state index contributed by atoms with van der Waals surface area (Å²) in [5.74, 6) is 0.204. The largest absolute Gasteiger partial charge is 0.393 e. The summed E-state index contributed by atoms with van der Waals surface area (Å²) in [6, 6.07) is 16.7. The maximum Gasteiger partial charge on any atom is 0.269 e. The van der Waals surface area contributed by atoms with Crippen LogP contribution in [0.1, 0.15) is 30.4 Å². The molecule has 0 bridgehead atoms. The van der Waals surface area contributed by atoms with E-state index in [9.17, 15) is 15.2 Å². The van der Waals surface area contributed by atoms with Crippen molar-refractivity contribution < 1.29 is 10.0 Å². The molecule has 0 heterocycles. The van der Waals surface area contributed by atoms with Gasteiger partial charge in [0.05, 0.1) is 11.0 Å². The average molecular weight is 314 g/mol. The van der Waals surface area contributed by atoms with E-state index in [2.05, 4.69) is 17.4 Å². The minimum absolute atomic E-state index is 0.105. The van der Waals surface area contributed by atoms with Crippen molar-refractivity contribution in [3.05, 3.63) is 75.8 Å². The molecule has 0 aliphatic rings. The zero-order chi connectivity index (χ0) is 16.7. The topological polar surface area (TPSA) is 75.4 Å². The summed E-state index contributed by atoms with van der Waals surface area (Å²) in [5.41, 5.74) is 2.16. The molecule has 0 radical (unpaired) electrons. The standard InChI is InChI=1S/C18H22N2O3/c1-14(21)10-17(16-7-3-2-4-8-16)13-19-12-15-6-5-9-18(11-15)20(22)23/h2-9,11,14,17,19,21H,10,12-13H2,1H3. The molecule has 2 aromatic carbocycles. The molecule has 0 amide bonds. The molecule has 2 aromatic rings. The highest BCUT2D eigenvalue weighted by atomic mass is 16.6. The first-order valence-corrected chi connectivity index (χ1v) is 7.73. The number of aliphatic hydroxyl groups is 1. The van der Waals surface area contributed by atoms with Crippen LogP contribution in [-0.2, 0) is 6.54 Å². The molecule has 0 aromatic heterocycles. The molecular weight excluding hydrogens is 292 g/mol. The molecule has 5 nitrogen and oxygen atoms in total. The number of rotatable bonds is 8. The van der Waals surface area contributed by atoms with Crippen LogP contribution in [0.25, 0.3) is 0 Å². The normalized spacial score (nSPS) is 13.5. The zero-order valence-electron chi connectivity index (χ0n) is 13.2. The van der Waals surface area contributed by atoms with Crippen LogP contribution in [0.2, 0.25) is 0 Å². The first-order chi connectivity index (χ1) is 11.1. The molecule has 0 spiro atoms. The molecule has 2 unspecified atom stereocenters. The van der Waals surface area contributed by atoms with E-state index in [0.29, 0.717) is 19.5 Å². The van der Waals surface area contributed by atoms with E-state index >= 15 is 0 Å². The summed E-state index contributed by atoms with van der Waals surface area (Å²) >= 11 is 0. The van der Waals surface area contributed by atoms with Crippen molar-refractivity contribution in [2.24, 2.45) is 0 Å². The third-order valence-corrected chi connectivity index (χ3v) is 3.74. The predicted octanol–water partition coefficient (Wildman–Crippen LogP) is 3.24. The Morgan fingerprint density at radius 3 is 2.57 bits per heavy atom. The van der Waals surface area contributed by atoms with Crippen LogP contribution in [0.5, 0.6) is 0 Å².